The maximum atomic E-state index is 13.1. The van der Waals surface area contributed by atoms with Gasteiger partial charge < -0.3 is 10.2 Å². The van der Waals surface area contributed by atoms with E-state index in [1.807, 2.05) is 12.1 Å². The molecule has 10 heteroatoms. The number of carbonyl (C=O) groups excluding carboxylic acids is 2. The monoisotopic (exact) mass is 467 g/mol. The first-order chi connectivity index (χ1) is 14.3. The number of rotatable bonds is 3. The Morgan fingerprint density at radius 3 is 2.43 bits per heavy atom. The van der Waals surface area contributed by atoms with Gasteiger partial charge in [-0.3, -0.25) is 9.59 Å². The molecule has 1 N–H and O–H groups in total. The first kappa shape index (κ1) is 21.1. The fourth-order valence-electron chi connectivity index (χ4n) is 3.82. The quantitative estimate of drug-likeness (QED) is 0.751. The van der Waals surface area contributed by atoms with Crippen LogP contribution in [0.3, 0.4) is 0 Å². The first-order valence-corrected chi connectivity index (χ1v) is 11.6. The normalized spacial score (nSPS) is 19.9. The predicted octanol–water partition coefficient (Wildman–Crippen LogP) is 2.95. The zero-order valence-electron chi connectivity index (χ0n) is 15.8. The van der Waals surface area contributed by atoms with Gasteiger partial charge in [0.15, 0.2) is 0 Å². The summed E-state index contributed by atoms with van der Waals surface area (Å²) in [6.45, 7) is 0.738. The number of para-hydroxylation sites is 1. The van der Waals surface area contributed by atoms with Crippen LogP contribution in [0, 0.1) is 0 Å². The van der Waals surface area contributed by atoms with Gasteiger partial charge in [0, 0.05) is 38.3 Å². The molecule has 4 rings (SSSR count). The number of piperazine rings is 1. The van der Waals surface area contributed by atoms with Crippen molar-refractivity contribution in [3.8, 4) is 0 Å². The van der Waals surface area contributed by atoms with Gasteiger partial charge in [0.25, 0.3) is 0 Å². The van der Waals surface area contributed by atoms with Crippen LogP contribution in [0.2, 0.25) is 10.0 Å². The maximum Gasteiger partial charge on any atom is 0.244 e. The van der Waals surface area contributed by atoms with E-state index in [2.05, 4.69) is 5.32 Å². The van der Waals surface area contributed by atoms with Gasteiger partial charge >= 0.3 is 0 Å². The highest BCUT2D eigenvalue weighted by Gasteiger charge is 2.37. The van der Waals surface area contributed by atoms with Crippen LogP contribution in [0.5, 0.6) is 0 Å². The van der Waals surface area contributed by atoms with E-state index in [1.165, 1.54) is 22.5 Å². The maximum absolute atomic E-state index is 13.1. The Morgan fingerprint density at radius 2 is 1.70 bits per heavy atom. The highest BCUT2D eigenvalue weighted by Crippen LogP contribution is 2.34. The number of amides is 2. The third-order valence-corrected chi connectivity index (χ3v) is 8.25. The van der Waals surface area contributed by atoms with Crippen molar-refractivity contribution < 1.29 is 18.0 Å². The Hall–Kier alpha value is -2.13. The standard InChI is InChI=1S/C20H19Cl2N3O4S/c21-15-5-3-7-17(19(15)22)30(28,29)25-10-8-24(9-11-25)20(27)14-12-18(26)23-16-6-2-1-4-13(14)16/h1-7,14H,8-12H2,(H,23,26)/t14-/m1/s1. The Kier molecular flexibility index (Phi) is 5.76. The van der Waals surface area contributed by atoms with Gasteiger partial charge in [0.2, 0.25) is 21.8 Å². The van der Waals surface area contributed by atoms with E-state index in [1.54, 1.807) is 17.0 Å². The van der Waals surface area contributed by atoms with Crippen molar-refractivity contribution in [3.63, 3.8) is 0 Å². The van der Waals surface area contributed by atoms with Gasteiger partial charge in [-0.2, -0.15) is 4.31 Å². The van der Waals surface area contributed by atoms with Crippen LogP contribution >= 0.6 is 23.2 Å². The lowest BCUT2D eigenvalue weighted by Crippen LogP contribution is -2.52. The second-order valence-corrected chi connectivity index (χ2v) is 9.86. The summed E-state index contributed by atoms with van der Waals surface area (Å²) in [7, 11) is -3.83. The number of benzene rings is 2. The Morgan fingerprint density at radius 1 is 1.00 bits per heavy atom. The number of hydrogen-bond acceptors (Lipinski definition) is 4. The van der Waals surface area contributed by atoms with Gasteiger partial charge in [0.1, 0.15) is 4.90 Å². The number of sulfonamides is 1. The fraction of sp³-hybridized carbons (Fsp3) is 0.300. The molecule has 0 bridgehead atoms. The lowest BCUT2D eigenvalue weighted by Gasteiger charge is -2.37. The third kappa shape index (κ3) is 3.80. The molecule has 2 aromatic carbocycles. The molecule has 2 aromatic rings. The summed E-state index contributed by atoms with van der Waals surface area (Å²) >= 11 is 12.1. The summed E-state index contributed by atoms with van der Waals surface area (Å²) in [6.07, 6.45) is 0.0759. The van der Waals surface area contributed by atoms with Crippen molar-refractivity contribution in [2.24, 2.45) is 0 Å². The van der Waals surface area contributed by atoms with E-state index in [-0.39, 0.29) is 59.4 Å². The summed E-state index contributed by atoms with van der Waals surface area (Å²) < 4.78 is 27.2. The molecule has 0 unspecified atom stereocenters. The van der Waals surface area contributed by atoms with Crippen molar-refractivity contribution in [1.29, 1.82) is 0 Å². The molecular weight excluding hydrogens is 449 g/mol. The van der Waals surface area contributed by atoms with Gasteiger partial charge in [0.05, 0.1) is 16.0 Å². The van der Waals surface area contributed by atoms with Gasteiger partial charge in [-0.05, 0) is 23.8 Å². The van der Waals surface area contributed by atoms with E-state index in [9.17, 15) is 18.0 Å². The highest BCUT2D eigenvalue weighted by molar-refractivity contribution is 7.89. The van der Waals surface area contributed by atoms with E-state index in [0.717, 1.165) is 5.56 Å². The van der Waals surface area contributed by atoms with Gasteiger partial charge in [-0.15, -0.1) is 0 Å². The van der Waals surface area contributed by atoms with Crippen molar-refractivity contribution in [3.05, 3.63) is 58.1 Å². The molecule has 30 heavy (non-hydrogen) atoms. The molecule has 7 nitrogen and oxygen atoms in total. The van der Waals surface area contributed by atoms with Crippen LogP contribution in [0.25, 0.3) is 0 Å². The van der Waals surface area contributed by atoms with Crippen LogP contribution in [0.15, 0.2) is 47.4 Å². The Labute approximate surface area is 184 Å². The van der Waals surface area contributed by atoms with Gasteiger partial charge in [-0.25, -0.2) is 8.42 Å². The lowest BCUT2D eigenvalue weighted by atomic mass is 9.89. The van der Waals surface area contributed by atoms with E-state index in [4.69, 9.17) is 23.2 Å². The zero-order valence-corrected chi connectivity index (χ0v) is 18.2. The van der Waals surface area contributed by atoms with Crippen LogP contribution in [-0.4, -0.2) is 55.6 Å². The zero-order chi connectivity index (χ0) is 21.5. The van der Waals surface area contributed by atoms with E-state index < -0.39 is 15.9 Å². The summed E-state index contributed by atoms with van der Waals surface area (Å²) in [5.74, 6) is -0.945. The van der Waals surface area contributed by atoms with Crippen LogP contribution in [0.1, 0.15) is 17.9 Å². The number of fused-ring (bicyclic) bond motifs is 1. The molecule has 0 radical (unpaired) electrons. The smallest absolute Gasteiger partial charge is 0.244 e. The predicted molar refractivity (Wildman–Crippen MR) is 114 cm³/mol. The number of carbonyl (C=O) groups is 2. The van der Waals surface area contributed by atoms with Gasteiger partial charge in [-0.1, -0.05) is 47.5 Å². The molecule has 2 amide bonds. The summed E-state index contributed by atoms with van der Waals surface area (Å²) in [6, 6.07) is 11.7. The minimum Gasteiger partial charge on any atom is -0.340 e. The molecular formula is C20H19Cl2N3O4S. The minimum absolute atomic E-state index is 0.0116. The Balaban J connectivity index is 1.49. The molecule has 158 valence electrons. The molecule has 2 aliphatic heterocycles. The second kappa shape index (κ2) is 8.19. The molecule has 1 saturated heterocycles. The van der Waals surface area contributed by atoms with E-state index in [0.29, 0.717) is 5.69 Å². The molecule has 1 atom stereocenters. The summed E-state index contributed by atoms with van der Waals surface area (Å²) in [5, 5.41) is 2.94. The topological polar surface area (TPSA) is 86.8 Å². The summed E-state index contributed by atoms with van der Waals surface area (Å²) in [4.78, 5) is 26.7. The fourth-order valence-corrected chi connectivity index (χ4v) is 5.98. The first-order valence-electron chi connectivity index (χ1n) is 9.41. The van der Waals surface area contributed by atoms with Crippen LogP contribution in [0.4, 0.5) is 5.69 Å². The second-order valence-electron chi connectivity index (χ2n) is 7.17. The molecule has 2 aliphatic rings. The molecule has 0 aliphatic carbocycles. The van der Waals surface area contributed by atoms with Crippen LogP contribution in [-0.2, 0) is 19.6 Å². The highest BCUT2D eigenvalue weighted by atomic mass is 35.5. The minimum atomic E-state index is -3.83. The van der Waals surface area contributed by atoms with Crippen molar-refractivity contribution in [2.75, 3.05) is 31.5 Å². The molecule has 0 aromatic heterocycles. The van der Waals surface area contributed by atoms with E-state index >= 15 is 0 Å². The molecule has 2 heterocycles. The number of anilines is 1. The molecule has 0 spiro atoms. The van der Waals surface area contributed by atoms with Crippen molar-refractivity contribution in [1.82, 2.24) is 9.21 Å². The number of nitrogens with one attached hydrogen (secondary N) is 1. The largest absolute Gasteiger partial charge is 0.340 e. The SMILES string of the molecule is O=C1C[C@@H](C(=O)N2CCN(S(=O)(=O)c3cccc(Cl)c3Cl)CC2)c2ccccc2N1. The average Bonchev–Trinajstić information content (AvgIpc) is 2.74. The van der Waals surface area contributed by atoms with Crippen molar-refractivity contribution >= 4 is 50.7 Å². The third-order valence-electron chi connectivity index (χ3n) is 5.38. The Bertz CT molecular complexity index is 1110. The lowest BCUT2D eigenvalue weighted by molar-refractivity contribution is -0.136. The summed E-state index contributed by atoms with van der Waals surface area (Å²) in [5.41, 5.74) is 1.42. The number of hydrogen-bond donors (Lipinski definition) is 1. The number of nitrogens with zero attached hydrogens (tertiary/aromatic N) is 2. The van der Waals surface area contributed by atoms with Crippen LogP contribution < -0.4 is 5.32 Å². The molecule has 0 saturated carbocycles. The average molecular weight is 468 g/mol. The number of halogens is 2. The molecule has 1 fully saturated rings. The van der Waals surface area contributed by atoms with Crippen molar-refractivity contribution in [2.45, 2.75) is 17.2 Å².